The van der Waals surface area contributed by atoms with Crippen LogP contribution in [-0.2, 0) is 0 Å². The monoisotopic (exact) mass is 395 g/mol. The van der Waals surface area contributed by atoms with E-state index >= 15 is 0 Å². The first kappa shape index (κ1) is 19.4. The maximum absolute atomic E-state index is 13.7. The van der Waals surface area contributed by atoms with Crippen LogP contribution in [0.2, 0.25) is 0 Å². The van der Waals surface area contributed by atoms with E-state index in [1.54, 1.807) is 0 Å². The van der Waals surface area contributed by atoms with Crippen molar-refractivity contribution in [2.45, 2.75) is 18.9 Å². The number of carbonyl (C=O) groups excluding carboxylic acids is 1. The molecule has 5 rings (SSSR count). The summed E-state index contributed by atoms with van der Waals surface area (Å²) in [5, 5.41) is 2.50. The maximum Gasteiger partial charge on any atom is 0.258 e. The van der Waals surface area contributed by atoms with Gasteiger partial charge in [-0.2, -0.15) is 0 Å². The molecule has 0 saturated carbocycles. The first-order chi connectivity index (χ1) is 12.6. The Morgan fingerprint density at radius 2 is 1.78 bits per heavy atom. The van der Waals surface area contributed by atoms with Gasteiger partial charge in [0.05, 0.1) is 23.6 Å². The van der Waals surface area contributed by atoms with Crippen molar-refractivity contribution in [1.29, 1.82) is 0 Å². The van der Waals surface area contributed by atoms with Gasteiger partial charge in [0.25, 0.3) is 5.91 Å². The van der Waals surface area contributed by atoms with Crippen molar-refractivity contribution < 1.29 is 13.6 Å². The fourth-order valence-electron chi connectivity index (χ4n) is 3.55. The van der Waals surface area contributed by atoms with Gasteiger partial charge in [0.1, 0.15) is 11.6 Å². The summed E-state index contributed by atoms with van der Waals surface area (Å²) < 4.78 is 26.9. The third-order valence-electron chi connectivity index (χ3n) is 4.98. The lowest BCUT2D eigenvalue weighted by Gasteiger charge is -2.31. The van der Waals surface area contributed by atoms with Crippen molar-refractivity contribution in [1.82, 2.24) is 14.9 Å². The van der Waals surface area contributed by atoms with Gasteiger partial charge in [-0.25, -0.2) is 18.7 Å². The van der Waals surface area contributed by atoms with E-state index < -0.39 is 17.5 Å². The van der Waals surface area contributed by atoms with Gasteiger partial charge in [-0.05, 0) is 31.0 Å². The number of hydrogen-bond acceptors (Lipinski definition) is 5. The Balaban J connectivity index is 0.00000210. The topological polar surface area (TPSA) is 61.4 Å². The molecule has 3 fully saturated rings. The molecule has 2 bridgehead atoms. The number of nitrogens with one attached hydrogen (secondary N) is 1. The van der Waals surface area contributed by atoms with E-state index in [1.807, 2.05) is 0 Å². The molecule has 3 aliphatic heterocycles. The molecule has 0 spiro atoms. The van der Waals surface area contributed by atoms with Gasteiger partial charge in [-0.3, -0.25) is 4.79 Å². The molecule has 0 unspecified atom stereocenters. The molecular formula is C18H20ClF2N5O. The Labute approximate surface area is 162 Å². The average molecular weight is 396 g/mol. The Morgan fingerprint density at radius 1 is 1.07 bits per heavy atom. The Bertz CT molecular complexity index is 812. The van der Waals surface area contributed by atoms with Crippen LogP contribution in [0.25, 0.3) is 0 Å². The SMILES string of the molecule is Cl.O=C(Nc1cnc(N2CCN3CCC2CC3)nc1)c1cc(F)ccc1F. The van der Waals surface area contributed by atoms with E-state index in [4.69, 9.17) is 0 Å². The molecule has 3 saturated heterocycles. The van der Waals surface area contributed by atoms with Gasteiger partial charge >= 0.3 is 0 Å². The lowest BCUT2D eigenvalue weighted by atomic mass is 10.1. The molecule has 27 heavy (non-hydrogen) atoms. The summed E-state index contributed by atoms with van der Waals surface area (Å²) in [6.07, 6.45) is 5.19. The molecule has 6 nitrogen and oxygen atoms in total. The number of nitrogens with zero attached hydrogens (tertiary/aromatic N) is 4. The third kappa shape index (κ3) is 4.17. The highest BCUT2D eigenvalue weighted by Gasteiger charge is 2.30. The van der Waals surface area contributed by atoms with Crippen molar-refractivity contribution in [2.75, 3.05) is 36.4 Å². The summed E-state index contributed by atoms with van der Waals surface area (Å²) in [5.41, 5.74) is -0.0158. The lowest BCUT2D eigenvalue weighted by molar-refractivity contribution is 0.102. The van der Waals surface area contributed by atoms with Crippen LogP contribution in [0.1, 0.15) is 23.2 Å². The molecule has 0 radical (unpaired) electrons. The molecule has 3 aliphatic rings. The zero-order valence-corrected chi connectivity index (χ0v) is 15.4. The van der Waals surface area contributed by atoms with Crippen LogP contribution in [-0.4, -0.2) is 53.0 Å². The van der Waals surface area contributed by atoms with Gasteiger partial charge in [-0.15, -0.1) is 12.4 Å². The summed E-state index contributed by atoms with van der Waals surface area (Å²) in [4.78, 5) is 25.5. The minimum absolute atomic E-state index is 0. The number of anilines is 2. The van der Waals surface area contributed by atoms with Gasteiger partial charge in [0.2, 0.25) is 5.95 Å². The van der Waals surface area contributed by atoms with Gasteiger partial charge in [-0.1, -0.05) is 0 Å². The predicted molar refractivity (Wildman–Crippen MR) is 100 cm³/mol. The molecule has 1 aromatic heterocycles. The maximum atomic E-state index is 13.7. The van der Waals surface area contributed by atoms with Gasteiger partial charge < -0.3 is 15.1 Å². The second-order valence-corrected chi connectivity index (χ2v) is 6.62. The minimum Gasteiger partial charge on any atom is -0.336 e. The normalized spacial score (nSPS) is 21.3. The van der Waals surface area contributed by atoms with Crippen LogP contribution in [0.3, 0.4) is 0 Å². The molecule has 9 heteroatoms. The van der Waals surface area contributed by atoms with E-state index in [-0.39, 0.29) is 18.0 Å². The Hall–Kier alpha value is -2.32. The molecule has 0 aliphatic carbocycles. The number of carbonyl (C=O) groups is 1. The highest BCUT2D eigenvalue weighted by Crippen LogP contribution is 2.24. The molecule has 1 amide bonds. The smallest absolute Gasteiger partial charge is 0.258 e. The number of benzene rings is 1. The Morgan fingerprint density at radius 3 is 2.48 bits per heavy atom. The van der Waals surface area contributed by atoms with Crippen LogP contribution < -0.4 is 10.2 Å². The van der Waals surface area contributed by atoms with Crippen molar-refractivity contribution >= 4 is 29.9 Å². The molecular weight excluding hydrogens is 376 g/mol. The number of aromatic nitrogens is 2. The summed E-state index contributed by atoms with van der Waals surface area (Å²) in [6, 6.07) is 3.20. The average Bonchev–Trinajstić information content (AvgIpc) is 2.98. The van der Waals surface area contributed by atoms with Crippen LogP contribution in [0.5, 0.6) is 0 Å². The molecule has 0 atom stereocenters. The van der Waals surface area contributed by atoms with Gasteiger partial charge in [0, 0.05) is 32.2 Å². The number of fused-ring (bicyclic) bond motifs is 4. The highest BCUT2D eigenvalue weighted by atomic mass is 35.5. The van der Waals surface area contributed by atoms with Crippen molar-refractivity contribution in [3.8, 4) is 0 Å². The summed E-state index contributed by atoms with van der Waals surface area (Å²) in [6.45, 7) is 4.09. The zero-order chi connectivity index (χ0) is 18.1. The highest BCUT2D eigenvalue weighted by molar-refractivity contribution is 6.04. The standard InChI is InChI=1S/C18H19F2N5O.ClH/c19-12-1-2-16(20)15(9-12)17(26)23-13-10-21-18(22-11-13)25-8-7-24-5-3-14(25)4-6-24;/h1-2,9-11,14H,3-8H2,(H,23,26);1H. The van der Waals surface area contributed by atoms with E-state index in [0.29, 0.717) is 17.7 Å². The van der Waals surface area contributed by atoms with Crippen LogP contribution in [0.15, 0.2) is 30.6 Å². The second-order valence-electron chi connectivity index (χ2n) is 6.62. The quantitative estimate of drug-likeness (QED) is 0.865. The second kappa shape index (κ2) is 8.14. The largest absolute Gasteiger partial charge is 0.336 e. The third-order valence-corrected chi connectivity index (χ3v) is 4.98. The fourth-order valence-corrected chi connectivity index (χ4v) is 3.55. The molecule has 144 valence electrons. The number of amides is 1. The van der Waals surface area contributed by atoms with E-state index in [2.05, 4.69) is 25.1 Å². The van der Waals surface area contributed by atoms with E-state index in [1.165, 1.54) is 12.4 Å². The zero-order valence-electron chi connectivity index (χ0n) is 14.6. The van der Waals surface area contributed by atoms with Gasteiger partial charge in [0.15, 0.2) is 0 Å². The molecule has 4 heterocycles. The summed E-state index contributed by atoms with van der Waals surface area (Å²) in [7, 11) is 0. The van der Waals surface area contributed by atoms with Crippen LogP contribution in [0, 0.1) is 11.6 Å². The van der Waals surface area contributed by atoms with Crippen molar-refractivity contribution in [3.05, 3.63) is 47.8 Å². The number of halogens is 3. The number of rotatable bonds is 3. The Kier molecular flexibility index (Phi) is 5.86. The van der Waals surface area contributed by atoms with E-state index in [9.17, 15) is 13.6 Å². The lowest BCUT2D eigenvalue weighted by Crippen LogP contribution is -2.38. The molecule has 1 aromatic carbocycles. The summed E-state index contributed by atoms with van der Waals surface area (Å²) in [5.74, 6) is -1.56. The number of piperidine rings is 1. The van der Waals surface area contributed by atoms with Crippen LogP contribution >= 0.6 is 12.4 Å². The van der Waals surface area contributed by atoms with Crippen LogP contribution in [0.4, 0.5) is 20.4 Å². The first-order valence-electron chi connectivity index (χ1n) is 8.67. The van der Waals surface area contributed by atoms with Crippen molar-refractivity contribution in [3.63, 3.8) is 0 Å². The summed E-state index contributed by atoms with van der Waals surface area (Å²) >= 11 is 0. The fraction of sp³-hybridized carbons (Fsp3) is 0.389. The first-order valence-corrected chi connectivity index (χ1v) is 8.67. The molecule has 1 N–H and O–H groups in total. The van der Waals surface area contributed by atoms with Crippen molar-refractivity contribution in [2.24, 2.45) is 0 Å². The number of hydrogen-bond donors (Lipinski definition) is 1. The predicted octanol–water partition coefficient (Wildman–Crippen LogP) is 2.71. The molecule has 2 aromatic rings. The van der Waals surface area contributed by atoms with E-state index in [0.717, 1.165) is 57.2 Å². The minimum atomic E-state index is -0.781.